The number of ketones is 1. The number of carbonyl (C=O) groups excluding carboxylic acids is 2. The molecular weight excluding hydrogens is 172 g/mol. The Hall–Kier alpha value is -1.16. The number of hydrogen-bond acceptors (Lipinski definition) is 4. The number of aliphatic hydroxyl groups excluding tert-OH is 1. The molecule has 0 bridgehead atoms. The van der Waals surface area contributed by atoms with Gasteiger partial charge >= 0.3 is 5.97 Å². The van der Waals surface area contributed by atoms with Crippen LogP contribution >= 0.6 is 0 Å². The van der Waals surface area contributed by atoms with E-state index in [1.54, 1.807) is 6.92 Å². The van der Waals surface area contributed by atoms with Crippen LogP contribution in [0, 0.1) is 0 Å². The quantitative estimate of drug-likeness (QED) is 0.636. The zero-order valence-electron chi connectivity index (χ0n) is 7.45. The van der Waals surface area contributed by atoms with Crippen molar-refractivity contribution < 1.29 is 19.4 Å². The first-order valence-corrected chi connectivity index (χ1v) is 4.21. The van der Waals surface area contributed by atoms with Gasteiger partial charge in [0, 0.05) is 12.0 Å². The number of esters is 1. The molecule has 0 saturated carbocycles. The molecule has 0 saturated heterocycles. The Bertz CT molecular complexity index is 254. The van der Waals surface area contributed by atoms with Gasteiger partial charge < -0.3 is 9.84 Å². The average Bonchev–Trinajstić information content (AvgIpc) is 2.30. The molecule has 1 atom stereocenters. The Labute approximate surface area is 76.2 Å². The lowest BCUT2D eigenvalue weighted by atomic mass is 10.1. The van der Waals surface area contributed by atoms with Crippen molar-refractivity contribution in [3.8, 4) is 0 Å². The molecule has 0 aromatic rings. The van der Waals surface area contributed by atoms with E-state index < -0.39 is 12.1 Å². The summed E-state index contributed by atoms with van der Waals surface area (Å²) in [6.07, 6.45) is 0.759. The van der Waals surface area contributed by atoms with Crippen LogP contribution < -0.4 is 0 Å². The van der Waals surface area contributed by atoms with Gasteiger partial charge in [0.15, 0.2) is 5.78 Å². The SMILES string of the molecule is CCOC(=O)CC1=C[C@@H](O)CC1=O. The predicted octanol–water partition coefficient (Wildman–Crippen LogP) is 0.200. The standard InChI is InChI=1S/C9H12O4/c1-2-13-9(12)4-6-3-7(10)5-8(6)11/h3,7,10H,2,4-5H2,1H3/t7-/m1/s1. The lowest BCUT2D eigenvalue weighted by Crippen LogP contribution is -2.08. The Kier molecular flexibility index (Phi) is 3.19. The molecule has 0 spiro atoms. The Morgan fingerprint density at radius 3 is 2.92 bits per heavy atom. The third kappa shape index (κ3) is 2.66. The van der Waals surface area contributed by atoms with Crippen molar-refractivity contribution in [2.45, 2.75) is 25.9 Å². The molecule has 0 aromatic carbocycles. The van der Waals surface area contributed by atoms with E-state index in [0.717, 1.165) is 0 Å². The molecule has 0 amide bonds. The molecule has 0 radical (unpaired) electrons. The molecule has 4 nitrogen and oxygen atoms in total. The summed E-state index contributed by atoms with van der Waals surface area (Å²) in [5, 5.41) is 9.06. The molecular formula is C9H12O4. The van der Waals surface area contributed by atoms with Gasteiger partial charge in [0.2, 0.25) is 0 Å². The van der Waals surface area contributed by atoms with Crippen molar-refractivity contribution in [3.05, 3.63) is 11.6 Å². The Morgan fingerprint density at radius 2 is 2.46 bits per heavy atom. The van der Waals surface area contributed by atoms with Crippen molar-refractivity contribution in [3.63, 3.8) is 0 Å². The molecule has 0 unspecified atom stereocenters. The molecule has 4 heteroatoms. The van der Waals surface area contributed by atoms with Gasteiger partial charge in [0.1, 0.15) is 0 Å². The van der Waals surface area contributed by atoms with Crippen LogP contribution in [0.5, 0.6) is 0 Å². The summed E-state index contributed by atoms with van der Waals surface area (Å²) in [5.41, 5.74) is 0.367. The van der Waals surface area contributed by atoms with Gasteiger partial charge in [0.05, 0.1) is 19.1 Å². The minimum atomic E-state index is -0.725. The van der Waals surface area contributed by atoms with Gasteiger partial charge in [0.25, 0.3) is 0 Å². The second-order valence-corrected chi connectivity index (χ2v) is 2.87. The minimum Gasteiger partial charge on any atom is -0.466 e. The van der Waals surface area contributed by atoms with E-state index in [9.17, 15) is 9.59 Å². The van der Waals surface area contributed by atoms with Crippen LogP contribution in [0.4, 0.5) is 0 Å². The van der Waals surface area contributed by atoms with Crippen molar-refractivity contribution >= 4 is 11.8 Å². The van der Waals surface area contributed by atoms with Gasteiger partial charge in [-0.2, -0.15) is 0 Å². The maximum atomic E-state index is 11.1. The molecule has 0 heterocycles. The third-order valence-corrected chi connectivity index (χ3v) is 1.79. The van der Waals surface area contributed by atoms with E-state index in [-0.39, 0.29) is 18.6 Å². The monoisotopic (exact) mass is 184 g/mol. The lowest BCUT2D eigenvalue weighted by molar-refractivity contribution is -0.142. The highest BCUT2D eigenvalue weighted by atomic mass is 16.5. The smallest absolute Gasteiger partial charge is 0.310 e. The first-order valence-electron chi connectivity index (χ1n) is 4.21. The fourth-order valence-electron chi connectivity index (χ4n) is 1.23. The number of carbonyl (C=O) groups is 2. The van der Waals surface area contributed by atoms with Gasteiger partial charge in [-0.25, -0.2) is 0 Å². The van der Waals surface area contributed by atoms with Crippen LogP contribution in [0.3, 0.4) is 0 Å². The highest BCUT2D eigenvalue weighted by molar-refractivity contribution is 6.01. The topological polar surface area (TPSA) is 63.6 Å². The van der Waals surface area contributed by atoms with Crippen molar-refractivity contribution in [1.29, 1.82) is 0 Å². The minimum absolute atomic E-state index is 0.0241. The van der Waals surface area contributed by atoms with Crippen LogP contribution in [0.15, 0.2) is 11.6 Å². The van der Waals surface area contributed by atoms with Gasteiger partial charge in [-0.05, 0) is 13.0 Å². The number of rotatable bonds is 3. The fraction of sp³-hybridized carbons (Fsp3) is 0.556. The number of ether oxygens (including phenoxy) is 1. The zero-order chi connectivity index (χ0) is 9.84. The summed E-state index contributed by atoms with van der Waals surface area (Å²) >= 11 is 0. The van der Waals surface area contributed by atoms with Crippen LogP contribution in [-0.2, 0) is 14.3 Å². The maximum Gasteiger partial charge on any atom is 0.310 e. The summed E-state index contributed by atoms with van der Waals surface area (Å²) in [6, 6.07) is 0. The van der Waals surface area contributed by atoms with Gasteiger partial charge in [-0.3, -0.25) is 9.59 Å². The highest BCUT2D eigenvalue weighted by Crippen LogP contribution is 2.17. The Morgan fingerprint density at radius 1 is 1.77 bits per heavy atom. The second-order valence-electron chi connectivity index (χ2n) is 2.87. The first-order chi connectivity index (χ1) is 6.13. The normalized spacial score (nSPS) is 21.5. The van der Waals surface area contributed by atoms with Crippen molar-refractivity contribution in [1.82, 2.24) is 0 Å². The molecule has 0 aliphatic heterocycles. The van der Waals surface area contributed by atoms with E-state index in [1.807, 2.05) is 0 Å². The Balaban J connectivity index is 2.49. The van der Waals surface area contributed by atoms with E-state index in [0.29, 0.717) is 12.2 Å². The predicted molar refractivity (Wildman–Crippen MR) is 45.0 cm³/mol. The number of hydrogen-bond donors (Lipinski definition) is 1. The van der Waals surface area contributed by atoms with E-state index in [1.165, 1.54) is 6.08 Å². The average molecular weight is 184 g/mol. The molecule has 13 heavy (non-hydrogen) atoms. The molecule has 1 aliphatic carbocycles. The molecule has 1 aliphatic rings. The van der Waals surface area contributed by atoms with Crippen LogP contribution in [-0.4, -0.2) is 29.6 Å². The fourth-order valence-corrected chi connectivity index (χ4v) is 1.23. The first kappa shape index (κ1) is 9.92. The summed E-state index contributed by atoms with van der Waals surface area (Å²) < 4.78 is 4.67. The van der Waals surface area contributed by atoms with Crippen molar-refractivity contribution in [2.24, 2.45) is 0 Å². The summed E-state index contributed by atoms with van der Waals surface area (Å²) in [5.74, 6) is -0.586. The molecule has 0 fully saturated rings. The summed E-state index contributed by atoms with van der Waals surface area (Å²) in [6.45, 7) is 2.01. The molecule has 1 rings (SSSR count). The number of aliphatic hydroxyl groups is 1. The summed E-state index contributed by atoms with van der Waals surface area (Å²) in [7, 11) is 0. The van der Waals surface area contributed by atoms with E-state index in [2.05, 4.69) is 4.74 Å². The van der Waals surface area contributed by atoms with Gasteiger partial charge in [-0.1, -0.05) is 0 Å². The third-order valence-electron chi connectivity index (χ3n) is 1.79. The number of Topliss-reactive ketones (excluding diaryl/α,β-unsaturated/α-hetero) is 1. The lowest BCUT2D eigenvalue weighted by Gasteiger charge is -2.00. The van der Waals surface area contributed by atoms with E-state index >= 15 is 0 Å². The molecule has 0 aromatic heterocycles. The van der Waals surface area contributed by atoms with Crippen LogP contribution in [0.1, 0.15) is 19.8 Å². The van der Waals surface area contributed by atoms with Crippen LogP contribution in [0.25, 0.3) is 0 Å². The molecule has 1 N–H and O–H groups in total. The highest BCUT2D eigenvalue weighted by Gasteiger charge is 2.24. The molecule has 72 valence electrons. The second kappa shape index (κ2) is 4.18. The summed E-state index contributed by atoms with van der Waals surface area (Å²) in [4.78, 5) is 22.0. The maximum absolute atomic E-state index is 11.1. The largest absolute Gasteiger partial charge is 0.466 e. The van der Waals surface area contributed by atoms with Crippen LogP contribution in [0.2, 0.25) is 0 Å². The van der Waals surface area contributed by atoms with Crippen molar-refractivity contribution in [2.75, 3.05) is 6.61 Å². The zero-order valence-corrected chi connectivity index (χ0v) is 7.45. The van der Waals surface area contributed by atoms with E-state index in [4.69, 9.17) is 5.11 Å². The van der Waals surface area contributed by atoms with Gasteiger partial charge in [-0.15, -0.1) is 0 Å².